The molecule has 0 atom stereocenters. The molecular formula is C81H118O8P2. The van der Waals surface area contributed by atoms with Crippen molar-refractivity contribution in [1.82, 2.24) is 0 Å². The van der Waals surface area contributed by atoms with Crippen molar-refractivity contribution >= 4 is 46.4 Å². The molecule has 6 aromatic carbocycles. The zero-order valence-electron chi connectivity index (χ0n) is 62.6. The minimum atomic E-state index is -4.09. The molecule has 1 saturated heterocycles. The van der Waals surface area contributed by atoms with Crippen LogP contribution >= 0.6 is 14.5 Å². The summed E-state index contributed by atoms with van der Waals surface area (Å²) in [6, 6.07) is 29.1. The Labute approximate surface area is 553 Å². The Morgan fingerprint density at radius 3 is 0.802 bits per heavy atom. The molecule has 91 heavy (non-hydrogen) atoms. The van der Waals surface area contributed by atoms with E-state index in [-0.39, 0.29) is 43.3 Å². The van der Waals surface area contributed by atoms with E-state index in [0.717, 1.165) is 99.0 Å². The molecule has 1 aliphatic rings. The summed E-state index contributed by atoms with van der Waals surface area (Å²) in [4.78, 5) is 0. The molecule has 0 aromatic heterocycles. The van der Waals surface area contributed by atoms with Crippen molar-refractivity contribution in [3.05, 3.63) is 117 Å². The molecular weight excluding hydrogens is 1160 g/mol. The van der Waals surface area contributed by atoms with Crippen LogP contribution in [0.25, 0.3) is 11.1 Å². The van der Waals surface area contributed by atoms with Crippen LogP contribution in [-0.2, 0) is 43.3 Å². The van der Waals surface area contributed by atoms with Gasteiger partial charge in [0.2, 0.25) is 0 Å². The summed E-state index contributed by atoms with van der Waals surface area (Å²) in [6.45, 7) is 51.6. The molecule has 10 heteroatoms. The Morgan fingerprint density at radius 1 is 0.286 bits per heavy atom. The number of rotatable bonds is 15. The zero-order valence-corrected chi connectivity index (χ0v) is 64.4. The topological polar surface area (TPSA) is 73.8 Å². The molecule has 0 amide bonds. The Morgan fingerprint density at radius 2 is 0.549 bits per heavy atom. The zero-order chi connectivity index (χ0) is 68.6. The van der Waals surface area contributed by atoms with E-state index in [9.17, 15) is 0 Å². The third kappa shape index (κ3) is 13.5. The molecule has 0 unspecified atom stereocenters. The van der Waals surface area contributed by atoms with Crippen LogP contribution in [0.5, 0.6) is 46.0 Å². The molecule has 500 valence electrons. The molecule has 0 spiro atoms. The first-order chi connectivity index (χ1) is 41.8. The molecule has 7 rings (SSSR count). The maximum absolute atomic E-state index is 7.13. The van der Waals surface area contributed by atoms with E-state index in [1.54, 1.807) is 14.2 Å². The van der Waals surface area contributed by atoms with E-state index in [1.165, 1.54) is 48.8 Å². The molecule has 0 saturated carbocycles. The predicted molar refractivity (Wildman–Crippen MR) is 395 cm³/mol. The van der Waals surface area contributed by atoms with E-state index >= 15 is 0 Å². The fraction of sp³-hybridized carbons (Fsp3) is 0.556. The van der Waals surface area contributed by atoms with E-state index in [1.807, 2.05) is 42.7 Å². The van der Waals surface area contributed by atoms with Crippen LogP contribution in [0, 0.1) is 0 Å². The molecule has 0 radical (unpaired) electrons. The van der Waals surface area contributed by atoms with Gasteiger partial charge in [-0.15, -0.1) is 0 Å². The van der Waals surface area contributed by atoms with Gasteiger partial charge in [-0.2, -0.15) is 0 Å². The van der Waals surface area contributed by atoms with Crippen molar-refractivity contribution in [2.24, 2.45) is 0 Å². The first-order valence-corrected chi connectivity index (χ1v) is 37.0. The van der Waals surface area contributed by atoms with Gasteiger partial charge in [-0.1, -0.05) is 0 Å². The van der Waals surface area contributed by atoms with Gasteiger partial charge in [0, 0.05) is 0 Å². The number of ether oxygens (including phenoxy) is 8. The van der Waals surface area contributed by atoms with Crippen LogP contribution in [0.4, 0.5) is 0 Å². The van der Waals surface area contributed by atoms with Crippen LogP contribution in [0.2, 0.25) is 0 Å². The van der Waals surface area contributed by atoms with Crippen molar-refractivity contribution < 1.29 is 37.9 Å². The van der Waals surface area contributed by atoms with Gasteiger partial charge in [-0.05, 0) is 0 Å². The average molecular weight is 1280 g/mol. The van der Waals surface area contributed by atoms with Crippen LogP contribution < -0.4 is 69.7 Å². The maximum atomic E-state index is 7.13. The van der Waals surface area contributed by atoms with E-state index in [2.05, 4.69) is 239 Å². The Bertz CT molecular complexity index is 3340. The first kappa shape index (κ1) is 73.0. The first-order valence-electron chi connectivity index (χ1n) is 33.1. The molecule has 0 bridgehead atoms. The van der Waals surface area contributed by atoms with Crippen molar-refractivity contribution in [2.45, 2.75) is 229 Å². The normalized spacial score (nSPS) is 15.6. The number of methoxy groups -OCH3 is 8. The van der Waals surface area contributed by atoms with E-state index in [4.69, 9.17) is 37.9 Å². The van der Waals surface area contributed by atoms with Crippen molar-refractivity contribution in [3.63, 3.8) is 0 Å². The van der Waals surface area contributed by atoms with Crippen LogP contribution in [0.15, 0.2) is 72.8 Å². The van der Waals surface area contributed by atoms with Gasteiger partial charge in [-0.25, -0.2) is 0 Å². The monoisotopic (exact) mass is 1280 g/mol. The van der Waals surface area contributed by atoms with Gasteiger partial charge in [0.1, 0.15) is 0 Å². The molecule has 8 nitrogen and oxygen atoms in total. The summed E-state index contributed by atoms with van der Waals surface area (Å²) in [5.41, 5.74) is 8.73. The van der Waals surface area contributed by atoms with Gasteiger partial charge < -0.3 is 0 Å². The fourth-order valence-corrected chi connectivity index (χ4v) is 24.3. The summed E-state index contributed by atoms with van der Waals surface area (Å²) >= 11 is 0. The number of hydrogen-bond acceptors (Lipinski definition) is 8. The molecule has 0 aliphatic carbocycles. The molecule has 0 N–H and O–H groups in total. The van der Waals surface area contributed by atoms with Crippen LogP contribution in [0.1, 0.15) is 230 Å². The molecule has 6 aromatic rings. The second-order valence-electron chi connectivity index (χ2n) is 34.1. The standard InChI is InChI=1S/C81H118O8P2/c1-74(2,3)56-42-52(43-57(70(56)86-29)75(4,5)6)90(53-44-58(76(7,8)9)71(87-30)59(45-53)77(10,11)12)66-40-50(82-25)38-64(84-27)68(66)69-65(85-28)39-51(83-26)41-67(69)91(36-34-33-35-37-91,54-46-60(78(13,14)15)72(88-31)61(47-54)79(16,17)18)55-48-62(80(19,20)21)73(89-32)63(49-55)81(22,23)24/h38-49H,33-37H2,1-32H3. The summed E-state index contributed by atoms with van der Waals surface area (Å²) in [6.07, 6.45) is 4.86. The second-order valence-corrected chi connectivity index (χ2v) is 41.7. The number of benzene rings is 6. The summed E-state index contributed by atoms with van der Waals surface area (Å²) in [5.74, 6) is 6.52. The Balaban J connectivity index is 1.98. The van der Waals surface area contributed by atoms with Gasteiger partial charge in [0.05, 0.1) is 0 Å². The summed E-state index contributed by atoms with van der Waals surface area (Å²) in [5, 5.41) is 7.30. The SMILES string of the molecule is COc1cc(OC)c(-c2c(OC)cc(OC)cc2P2(c3cc(C(C)(C)C)c(OC)c(C(C)(C)C)c3)(c3cc(C(C)(C)C)c(OC)c(C(C)(C)C)c3)CCCCC2)c(P(c2cc(C(C)(C)C)c(OC)c(C(C)(C)C)c2)c2cc(C(C)(C)C)c(OC)c(C(C)(C)C)c2)c1. The fourth-order valence-electron chi connectivity index (χ4n) is 14.3. The predicted octanol–water partition coefficient (Wildman–Crippen LogP) is 18.6. The van der Waals surface area contributed by atoms with Gasteiger partial charge in [0.15, 0.2) is 0 Å². The summed E-state index contributed by atoms with van der Waals surface area (Å²) < 4.78 is 54.1. The summed E-state index contributed by atoms with van der Waals surface area (Å²) in [7, 11) is 13.0. The van der Waals surface area contributed by atoms with Crippen molar-refractivity contribution in [1.29, 1.82) is 0 Å². The number of hydrogen-bond donors (Lipinski definition) is 0. The molecule has 1 aliphatic heterocycles. The van der Waals surface area contributed by atoms with Crippen LogP contribution in [-0.4, -0.2) is 69.2 Å². The Hall–Kier alpha value is -5.42. The Kier molecular flexibility index (Phi) is 20.4. The quantitative estimate of drug-likeness (QED) is 0.0942. The van der Waals surface area contributed by atoms with E-state index < -0.39 is 14.5 Å². The third-order valence-electron chi connectivity index (χ3n) is 19.2. The molecule has 1 heterocycles. The van der Waals surface area contributed by atoms with Crippen molar-refractivity contribution in [2.75, 3.05) is 69.2 Å². The van der Waals surface area contributed by atoms with Crippen LogP contribution in [0.3, 0.4) is 0 Å². The molecule has 1 fully saturated rings. The second kappa shape index (κ2) is 25.4. The average Bonchev–Trinajstić information content (AvgIpc) is 0.672. The van der Waals surface area contributed by atoms with E-state index in [0.29, 0.717) is 17.2 Å². The van der Waals surface area contributed by atoms with Gasteiger partial charge in [0.25, 0.3) is 0 Å². The minimum absolute atomic E-state index is 0.311. The third-order valence-corrected chi connectivity index (χ3v) is 28.8. The van der Waals surface area contributed by atoms with Gasteiger partial charge in [-0.3, -0.25) is 0 Å². The van der Waals surface area contributed by atoms with Gasteiger partial charge >= 0.3 is 557 Å². The van der Waals surface area contributed by atoms with Crippen molar-refractivity contribution in [3.8, 4) is 57.1 Å².